The summed E-state index contributed by atoms with van der Waals surface area (Å²) in [4.78, 5) is 0. The van der Waals surface area contributed by atoms with Crippen LogP contribution < -0.4 is 5.32 Å². The molecule has 0 spiro atoms. The van der Waals surface area contributed by atoms with Crippen molar-refractivity contribution in [2.24, 2.45) is 5.92 Å². The van der Waals surface area contributed by atoms with E-state index < -0.39 is 0 Å². The summed E-state index contributed by atoms with van der Waals surface area (Å²) >= 11 is 0. The minimum absolute atomic E-state index is 0.385. The monoisotopic (exact) mass is 269 g/mol. The summed E-state index contributed by atoms with van der Waals surface area (Å²) < 4.78 is 5.85. The molecule has 0 aliphatic carbocycles. The highest BCUT2D eigenvalue weighted by Crippen LogP contribution is 2.27. The van der Waals surface area contributed by atoms with Crippen molar-refractivity contribution in [3.8, 4) is 0 Å². The second-order valence-electron chi connectivity index (χ2n) is 6.05. The lowest BCUT2D eigenvalue weighted by Crippen LogP contribution is -2.36. The number of hydrogen-bond acceptors (Lipinski definition) is 2. The van der Waals surface area contributed by atoms with Crippen molar-refractivity contribution in [1.82, 2.24) is 0 Å². The van der Waals surface area contributed by atoms with Gasteiger partial charge in [0.2, 0.25) is 0 Å². The van der Waals surface area contributed by atoms with Gasteiger partial charge in [-0.25, -0.2) is 0 Å². The van der Waals surface area contributed by atoms with E-state index in [0.29, 0.717) is 18.1 Å². The van der Waals surface area contributed by atoms with Gasteiger partial charge in [0.1, 0.15) is 0 Å². The van der Waals surface area contributed by atoms with E-state index in [4.69, 9.17) is 4.74 Å². The average Bonchev–Trinajstić information content (AvgIpc) is 2.48. The van der Waals surface area contributed by atoms with Crippen LogP contribution in [0.1, 0.15) is 26.7 Å². The number of ether oxygens (including phenoxy) is 1. The minimum atomic E-state index is 0.385. The van der Waals surface area contributed by atoms with E-state index >= 15 is 0 Å². The third kappa shape index (κ3) is 2.80. The molecule has 0 amide bonds. The molecule has 0 bridgehead atoms. The molecule has 1 fully saturated rings. The van der Waals surface area contributed by atoms with E-state index in [-0.39, 0.29) is 0 Å². The third-order valence-corrected chi connectivity index (χ3v) is 4.21. The van der Waals surface area contributed by atoms with Crippen LogP contribution in [-0.4, -0.2) is 18.8 Å². The van der Waals surface area contributed by atoms with Crippen molar-refractivity contribution < 1.29 is 4.74 Å². The quantitative estimate of drug-likeness (QED) is 0.888. The molecule has 0 saturated carbocycles. The molecule has 2 atom stereocenters. The molecule has 2 heteroatoms. The molecule has 1 aliphatic rings. The Bertz CT molecular complexity index is 573. The van der Waals surface area contributed by atoms with Gasteiger partial charge in [-0.15, -0.1) is 0 Å². The van der Waals surface area contributed by atoms with Crippen LogP contribution in [0.15, 0.2) is 42.5 Å². The maximum absolute atomic E-state index is 5.85. The first-order valence-corrected chi connectivity index (χ1v) is 7.60. The molecule has 0 aromatic heterocycles. The fraction of sp³-hybridized carbons (Fsp3) is 0.444. The number of nitrogens with one attached hydrogen (secondary N) is 1. The molecule has 2 aromatic rings. The van der Waals surface area contributed by atoms with Crippen LogP contribution in [0.2, 0.25) is 0 Å². The van der Waals surface area contributed by atoms with E-state index in [1.54, 1.807) is 0 Å². The van der Waals surface area contributed by atoms with Crippen LogP contribution in [0.5, 0.6) is 0 Å². The molecule has 1 saturated heterocycles. The van der Waals surface area contributed by atoms with Gasteiger partial charge in [0, 0.05) is 23.7 Å². The first-order chi connectivity index (χ1) is 9.74. The molecular formula is C18H23NO. The summed E-state index contributed by atoms with van der Waals surface area (Å²) in [5.41, 5.74) is 1.25. The van der Waals surface area contributed by atoms with Gasteiger partial charge in [-0.05, 0) is 30.2 Å². The smallest absolute Gasteiger partial charge is 0.0617 e. The van der Waals surface area contributed by atoms with Crippen LogP contribution >= 0.6 is 0 Å². The van der Waals surface area contributed by atoms with Gasteiger partial charge in [0.25, 0.3) is 0 Å². The second kappa shape index (κ2) is 5.84. The van der Waals surface area contributed by atoms with E-state index in [2.05, 4.69) is 61.6 Å². The average molecular weight is 269 g/mol. The van der Waals surface area contributed by atoms with Crippen molar-refractivity contribution in [1.29, 1.82) is 0 Å². The van der Waals surface area contributed by atoms with Crippen LogP contribution in [0.3, 0.4) is 0 Å². The summed E-state index contributed by atoms with van der Waals surface area (Å²) in [6, 6.07) is 15.6. The summed E-state index contributed by atoms with van der Waals surface area (Å²) in [7, 11) is 0. The van der Waals surface area contributed by atoms with Gasteiger partial charge in [-0.3, -0.25) is 0 Å². The maximum Gasteiger partial charge on any atom is 0.0617 e. The Kier molecular flexibility index (Phi) is 3.93. The minimum Gasteiger partial charge on any atom is -0.382 e. The first kappa shape index (κ1) is 13.4. The van der Waals surface area contributed by atoms with Crippen LogP contribution in [0.25, 0.3) is 10.8 Å². The molecule has 0 radical (unpaired) electrons. The van der Waals surface area contributed by atoms with Gasteiger partial charge < -0.3 is 10.1 Å². The summed E-state index contributed by atoms with van der Waals surface area (Å²) in [5.74, 6) is 0.590. The standard InChI is InChI=1S/C18H23NO/c1-13(2)18-12-15(10-11-20-18)19-17-9-5-7-14-6-3-4-8-16(14)17/h3-9,13,15,18-19H,10-12H2,1-2H3. The summed E-state index contributed by atoms with van der Waals surface area (Å²) in [5, 5.41) is 6.33. The van der Waals surface area contributed by atoms with E-state index in [0.717, 1.165) is 19.4 Å². The highest BCUT2D eigenvalue weighted by Gasteiger charge is 2.24. The van der Waals surface area contributed by atoms with E-state index in [9.17, 15) is 0 Å². The number of hydrogen-bond donors (Lipinski definition) is 1. The summed E-state index contributed by atoms with van der Waals surface area (Å²) in [6.45, 7) is 5.35. The zero-order chi connectivity index (χ0) is 13.9. The summed E-state index contributed by atoms with van der Waals surface area (Å²) in [6.07, 6.45) is 2.57. The third-order valence-electron chi connectivity index (χ3n) is 4.21. The van der Waals surface area contributed by atoms with Crippen molar-refractivity contribution >= 4 is 16.5 Å². The zero-order valence-electron chi connectivity index (χ0n) is 12.3. The molecule has 3 rings (SSSR count). The Morgan fingerprint density at radius 2 is 1.90 bits per heavy atom. The van der Waals surface area contributed by atoms with E-state index in [1.807, 2.05) is 0 Å². The Hall–Kier alpha value is -1.54. The van der Waals surface area contributed by atoms with E-state index in [1.165, 1.54) is 16.5 Å². The highest BCUT2D eigenvalue weighted by atomic mass is 16.5. The van der Waals surface area contributed by atoms with Crippen molar-refractivity contribution in [3.63, 3.8) is 0 Å². The molecule has 2 nitrogen and oxygen atoms in total. The molecule has 2 unspecified atom stereocenters. The number of anilines is 1. The van der Waals surface area contributed by atoms with Gasteiger partial charge in [0.05, 0.1) is 6.10 Å². The number of rotatable bonds is 3. The van der Waals surface area contributed by atoms with Crippen LogP contribution in [0.4, 0.5) is 5.69 Å². The SMILES string of the molecule is CC(C)C1CC(Nc2cccc3ccccc23)CCO1. The lowest BCUT2D eigenvalue weighted by molar-refractivity contribution is -0.0160. The van der Waals surface area contributed by atoms with Crippen LogP contribution in [-0.2, 0) is 4.74 Å². The molecule has 1 heterocycles. The molecule has 20 heavy (non-hydrogen) atoms. The Labute approximate surface area is 121 Å². The number of fused-ring (bicyclic) bond motifs is 1. The van der Waals surface area contributed by atoms with Crippen molar-refractivity contribution in [3.05, 3.63) is 42.5 Å². The molecule has 1 N–H and O–H groups in total. The topological polar surface area (TPSA) is 21.3 Å². The van der Waals surface area contributed by atoms with Crippen LogP contribution in [0, 0.1) is 5.92 Å². The largest absolute Gasteiger partial charge is 0.382 e. The lowest BCUT2D eigenvalue weighted by atomic mass is 9.95. The van der Waals surface area contributed by atoms with Crippen molar-refractivity contribution in [2.75, 3.05) is 11.9 Å². The second-order valence-corrected chi connectivity index (χ2v) is 6.05. The van der Waals surface area contributed by atoms with Gasteiger partial charge >= 0.3 is 0 Å². The zero-order valence-corrected chi connectivity index (χ0v) is 12.3. The highest BCUT2D eigenvalue weighted by molar-refractivity contribution is 5.93. The maximum atomic E-state index is 5.85. The first-order valence-electron chi connectivity index (χ1n) is 7.60. The Morgan fingerprint density at radius 1 is 1.10 bits per heavy atom. The van der Waals surface area contributed by atoms with Gasteiger partial charge in [-0.1, -0.05) is 50.2 Å². The predicted molar refractivity (Wildman–Crippen MR) is 85.2 cm³/mol. The van der Waals surface area contributed by atoms with Gasteiger partial charge in [0.15, 0.2) is 0 Å². The molecular weight excluding hydrogens is 246 g/mol. The van der Waals surface area contributed by atoms with Gasteiger partial charge in [-0.2, -0.15) is 0 Å². The molecule has 106 valence electrons. The lowest BCUT2D eigenvalue weighted by Gasteiger charge is -2.33. The number of benzene rings is 2. The fourth-order valence-corrected chi connectivity index (χ4v) is 2.99. The predicted octanol–water partition coefficient (Wildman–Crippen LogP) is 4.46. The molecule has 1 aliphatic heterocycles. The normalized spacial score (nSPS) is 23.1. The molecule has 2 aromatic carbocycles. The Balaban J connectivity index is 1.79. The fourth-order valence-electron chi connectivity index (χ4n) is 2.99. The Morgan fingerprint density at radius 3 is 2.75 bits per heavy atom. The van der Waals surface area contributed by atoms with Crippen molar-refractivity contribution in [2.45, 2.75) is 38.8 Å².